The predicted molar refractivity (Wildman–Crippen MR) is 62.1 cm³/mol. The lowest BCUT2D eigenvalue weighted by Crippen LogP contribution is -2.43. The quantitative estimate of drug-likeness (QED) is 0.538. The van der Waals surface area contributed by atoms with Gasteiger partial charge in [-0.25, -0.2) is 0 Å². The Morgan fingerprint density at radius 2 is 0.714 bits per heavy atom. The Labute approximate surface area is 89.5 Å². The highest BCUT2D eigenvalue weighted by atomic mass is 14.5. The van der Waals surface area contributed by atoms with Gasteiger partial charge in [0.1, 0.15) is 0 Å². The van der Waals surface area contributed by atoms with Crippen LogP contribution in [0.4, 0.5) is 0 Å². The van der Waals surface area contributed by atoms with Crippen LogP contribution in [0.5, 0.6) is 0 Å². The first-order valence-electron chi connectivity index (χ1n) is 6.61. The van der Waals surface area contributed by atoms with E-state index in [1.54, 1.807) is 0 Å². The highest BCUT2D eigenvalue weighted by Crippen LogP contribution is 2.51. The Morgan fingerprint density at radius 1 is 0.500 bits per heavy atom. The third-order valence-corrected chi connectivity index (χ3v) is 5.23. The number of hydrogen-bond donors (Lipinski definition) is 0. The van der Waals surface area contributed by atoms with Crippen LogP contribution in [0.2, 0.25) is 0 Å². The lowest BCUT2D eigenvalue weighted by molar-refractivity contribution is -0.00927. The van der Waals surface area contributed by atoms with Crippen molar-refractivity contribution < 1.29 is 0 Å². The van der Waals surface area contributed by atoms with Crippen LogP contribution in [0.3, 0.4) is 0 Å². The van der Waals surface area contributed by atoms with E-state index in [1.807, 2.05) is 0 Å². The fraction of sp³-hybridized carbons (Fsp3) is 1.00. The zero-order valence-electron chi connectivity index (χ0n) is 10.3. The average Bonchev–Trinajstić information content (AvgIpc) is 2.16. The minimum absolute atomic E-state index is 0.994. The molecule has 0 saturated heterocycles. The normalized spacial score (nSPS) is 54.0. The Hall–Kier alpha value is 0. The molecule has 2 rings (SSSR count). The third kappa shape index (κ3) is 1.61. The van der Waals surface area contributed by atoms with Gasteiger partial charge in [-0.05, 0) is 35.5 Å². The Morgan fingerprint density at radius 3 is 0.929 bits per heavy atom. The zero-order chi connectivity index (χ0) is 10.3. The van der Waals surface area contributed by atoms with Crippen LogP contribution >= 0.6 is 0 Å². The van der Waals surface area contributed by atoms with Crippen molar-refractivity contribution in [1.82, 2.24) is 0 Å². The smallest absolute Gasteiger partial charge is 0.0329 e. The largest absolute Gasteiger partial charge is 0.0622 e. The molecule has 0 bridgehead atoms. The highest BCUT2D eigenvalue weighted by Gasteiger charge is 2.43. The number of hydrogen-bond acceptors (Lipinski definition) is 0. The van der Waals surface area contributed by atoms with Crippen molar-refractivity contribution in [2.45, 2.75) is 53.4 Å². The van der Waals surface area contributed by atoms with Crippen molar-refractivity contribution in [3.8, 4) is 0 Å². The molecule has 4 atom stereocenters. The summed E-state index contributed by atoms with van der Waals surface area (Å²) in [6.07, 6.45) is 5.94. The molecule has 0 aliphatic heterocycles. The standard InChI is InChI=1S/C14H26/c1-9-5-6-11(3)14-12(4)8-7-10(2)13(9)14/h9-14H,5-8H2,1-4H3. The van der Waals surface area contributed by atoms with E-state index in [0.29, 0.717) is 0 Å². The van der Waals surface area contributed by atoms with E-state index in [0.717, 1.165) is 35.5 Å². The van der Waals surface area contributed by atoms with E-state index in [-0.39, 0.29) is 0 Å². The van der Waals surface area contributed by atoms with Crippen LogP contribution in [-0.2, 0) is 0 Å². The second-order valence-electron chi connectivity index (χ2n) is 6.22. The lowest BCUT2D eigenvalue weighted by Gasteiger charge is -2.50. The molecule has 14 heavy (non-hydrogen) atoms. The topological polar surface area (TPSA) is 0 Å². The molecule has 0 amide bonds. The van der Waals surface area contributed by atoms with Gasteiger partial charge in [0.2, 0.25) is 0 Å². The van der Waals surface area contributed by atoms with Gasteiger partial charge in [-0.1, -0.05) is 53.4 Å². The maximum Gasteiger partial charge on any atom is -0.0329 e. The van der Waals surface area contributed by atoms with Crippen molar-refractivity contribution in [2.24, 2.45) is 35.5 Å². The van der Waals surface area contributed by atoms with E-state index < -0.39 is 0 Å². The van der Waals surface area contributed by atoms with Gasteiger partial charge < -0.3 is 0 Å². The maximum absolute atomic E-state index is 2.50. The molecule has 2 fully saturated rings. The molecule has 0 nitrogen and oxygen atoms in total. The summed E-state index contributed by atoms with van der Waals surface area (Å²) in [5.74, 6) is 6.07. The Balaban J connectivity index is 2.19. The summed E-state index contributed by atoms with van der Waals surface area (Å²) in [7, 11) is 0. The van der Waals surface area contributed by atoms with E-state index in [9.17, 15) is 0 Å². The summed E-state index contributed by atoms with van der Waals surface area (Å²) in [4.78, 5) is 0. The lowest BCUT2D eigenvalue weighted by atomic mass is 9.55. The van der Waals surface area contributed by atoms with Gasteiger partial charge in [-0.3, -0.25) is 0 Å². The van der Waals surface area contributed by atoms with Gasteiger partial charge in [0.25, 0.3) is 0 Å². The molecule has 0 N–H and O–H groups in total. The summed E-state index contributed by atoms with van der Waals surface area (Å²) in [6, 6.07) is 0. The second-order valence-corrected chi connectivity index (χ2v) is 6.22. The fourth-order valence-electron chi connectivity index (χ4n) is 4.46. The molecule has 0 aromatic carbocycles. The van der Waals surface area contributed by atoms with E-state index in [1.165, 1.54) is 25.7 Å². The molecule has 0 aromatic heterocycles. The SMILES string of the molecule is CC1CCC(C)C2C(C)CCC(C)C12. The molecule has 4 unspecified atom stereocenters. The molecule has 0 radical (unpaired) electrons. The summed E-state index contributed by atoms with van der Waals surface area (Å²) in [6.45, 7) is 9.99. The first-order valence-corrected chi connectivity index (χ1v) is 6.61. The fourth-order valence-corrected chi connectivity index (χ4v) is 4.46. The molecule has 2 aliphatic carbocycles. The molecule has 2 aliphatic rings. The van der Waals surface area contributed by atoms with Crippen LogP contribution in [0.1, 0.15) is 53.4 Å². The van der Waals surface area contributed by atoms with Crippen molar-refractivity contribution in [3.63, 3.8) is 0 Å². The molecule has 0 heterocycles. The predicted octanol–water partition coefficient (Wildman–Crippen LogP) is 4.35. The summed E-state index contributed by atoms with van der Waals surface area (Å²) < 4.78 is 0. The third-order valence-electron chi connectivity index (χ3n) is 5.23. The van der Waals surface area contributed by atoms with Crippen LogP contribution in [-0.4, -0.2) is 0 Å². The number of fused-ring (bicyclic) bond motifs is 1. The van der Waals surface area contributed by atoms with Gasteiger partial charge in [0, 0.05) is 0 Å². The molecule has 0 aromatic rings. The summed E-state index contributed by atoms with van der Waals surface area (Å²) in [5, 5.41) is 0. The van der Waals surface area contributed by atoms with Crippen LogP contribution < -0.4 is 0 Å². The zero-order valence-corrected chi connectivity index (χ0v) is 10.3. The summed E-state index contributed by atoms with van der Waals surface area (Å²) >= 11 is 0. The Kier molecular flexibility index (Phi) is 2.91. The van der Waals surface area contributed by atoms with Crippen molar-refractivity contribution >= 4 is 0 Å². The number of rotatable bonds is 0. The highest BCUT2D eigenvalue weighted by molar-refractivity contribution is 4.92. The molecule has 2 saturated carbocycles. The van der Waals surface area contributed by atoms with Gasteiger partial charge in [0.05, 0.1) is 0 Å². The minimum Gasteiger partial charge on any atom is -0.0622 e. The van der Waals surface area contributed by atoms with Gasteiger partial charge in [0.15, 0.2) is 0 Å². The average molecular weight is 194 g/mol. The monoisotopic (exact) mass is 194 g/mol. The van der Waals surface area contributed by atoms with Gasteiger partial charge >= 0.3 is 0 Å². The first-order chi connectivity index (χ1) is 6.61. The van der Waals surface area contributed by atoms with E-state index >= 15 is 0 Å². The van der Waals surface area contributed by atoms with Gasteiger partial charge in [-0.15, -0.1) is 0 Å². The van der Waals surface area contributed by atoms with Crippen LogP contribution in [0, 0.1) is 35.5 Å². The van der Waals surface area contributed by atoms with E-state index in [4.69, 9.17) is 0 Å². The maximum atomic E-state index is 2.50. The van der Waals surface area contributed by atoms with Crippen molar-refractivity contribution in [1.29, 1.82) is 0 Å². The van der Waals surface area contributed by atoms with Gasteiger partial charge in [-0.2, -0.15) is 0 Å². The molecule has 82 valence electrons. The minimum atomic E-state index is 0.994. The molecular formula is C14H26. The summed E-state index contributed by atoms with van der Waals surface area (Å²) in [5.41, 5.74) is 0. The molecule has 0 heteroatoms. The van der Waals surface area contributed by atoms with E-state index in [2.05, 4.69) is 27.7 Å². The van der Waals surface area contributed by atoms with Crippen LogP contribution in [0.25, 0.3) is 0 Å². The molecular weight excluding hydrogens is 168 g/mol. The molecule has 0 spiro atoms. The van der Waals surface area contributed by atoms with Crippen LogP contribution in [0.15, 0.2) is 0 Å². The van der Waals surface area contributed by atoms with Crippen molar-refractivity contribution in [3.05, 3.63) is 0 Å². The first kappa shape index (κ1) is 10.5. The Bertz CT molecular complexity index is 154. The van der Waals surface area contributed by atoms with Crippen molar-refractivity contribution in [2.75, 3.05) is 0 Å². The second kappa shape index (κ2) is 3.87.